The molecule has 3 rings (SSSR count). The number of fused-ring (bicyclic) bond motifs is 1. The number of nitrogens with one attached hydrogen (secondary N) is 1. The standard InChI is InChI=1S/C23H25N3O6/c1-14-6-3-4-7-17(14)32-19-13-30-18-12-15(9-10-16(18)21(19)28)31-20(27)8-5-11-26-22(29)23(2,24)25/h3-4,6-7,9-10,12-13H,5,8,11,24-25H2,1-2H3,(H,26,29). The van der Waals surface area contributed by atoms with Gasteiger partial charge in [0, 0.05) is 19.0 Å². The molecule has 0 aliphatic heterocycles. The molecule has 9 heteroatoms. The molecule has 0 aliphatic carbocycles. The van der Waals surface area contributed by atoms with Crippen LogP contribution in [0.2, 0.25) is 0 Å². The van der Waals surface area contributed by atoms with Gasteiger partial charge in [-0.3, -0.25) is 14.4 Å². The molecule has 2 aromatic carbocycles. The Morgan fingerprint density at radius 2 is 1.88 bits per heavy atom. The number of carbonyl (C=O) groups is 2. The second kappa shape index (κ2) is 9.63. The lowest BCUT2D eigenvalue weighted by atomic mass is 10.2. The predicted octanol–water partition coefficient (Wildman–Crippen LogP) is 2.33. The molecular weight excluding hydrogens is 414 g/mol. The average molecular weight is 439 g/mol. The van der Waals surface area contributed by atoms with Gasteiger partial charge in [-0.05, 0) is 44.0 Å². The van der Waals surface area contributed by atoms with Crippen LogP contribution in [0.5, 0.6) is 17.2 Å². The fraction of sp³-hybridized carbons (Fsp3) is 0.261. The average Bonchev–Trinajstić information content (AvgIpc) is 2.74. The van der Waals surface area contributed by atoms with Crippen LogP contribution in [-0.2, 0) is 9.59 Å². The molecule has 168 valence electrons. The molecule has 1 heterocycles. The third-order valence-electron chi connectivity index (χ3n) is 4.59. The first-order valence-corrected chi connectivity index (χ1v) is 10.0. The number of rotatable bonds is 8. The van der Waals surface area contributed by atoms with Crippen LogP contribution in [0.3, 0.4) is 0 Å². The summed E-state index contributed by atoms with van der Waals surface area (Å²) in [7, 11) is 0. The van der Waals surface area contributed by atoms with E-state index in [4.69, 9.17) is 25.4 Å². The highest BCUT2D eigenvalue weighted by Gasteiger charge is 2.21. The summed E-state index contributed by atoms with van der Waals surface area (Å²) in [6, 6.07) is 11.8. The Morgan fingerprint density at radius 3 is 2.59 bits per heavy atom. The number of nitrogens with two attached hydrogens (primary N) is 2. The predicted molar refractivity (Wildman–Crippen MR) is 118 cm³/mol. The molecular formula is C23H25N3O6. The number of amides is 1. The van der Waals surface area contributed by atoms with Crippen molar-refractivity contribution >= 4 is 22.8 Å². The van der Waals surface area contributed by atoms with Crippen molar-refractivity contribution in [2.24, 2.45) is 11.5 Å². The number of ether oxygens (including phenoxy) is 2. The molecule has 0 bridgehead atoms. The lowest BCUT2D eigenvalue weighted by Gasteiger charge is -2.17. The van der Waals surface area contributed by atoms with Gasteiger partial charge < -0.3 is 30.7 Å². The highest BCUT2D eigenvalue weighted by Crippen LogP contribution is 2.26. The van der Waals surface area contributed by atoms with E-state index in [1.165, 1.54) is 31.4 Å². The van der Waals surface area contributed by atoms with Gasteiger partial charge in [-0.25, -0.2) is 0 Å². The summed E-state index contributed by atoms with van der Waals surface area (Å²) in [6.07, 6.45) is 1.65. The van der Waals surface area contributed by atoms with Gasteiger partial charge in [-0.1, -0.05) is 18.2 Å². The van der Waals surface area contributed by atoms with Crippen LogP contribution in [0.4, 0.5) is 0 Å². The van der Waals surface area contributed by atoms with E-state index in [-0.39, 0.29) is 35.5 Å². The van der Waals surface area contributed by atoms with E-state index in [2.05, 4.69) is 5.32 Å². The molecule has 0 saturated heterocycles. The summed E-state index contributed by atoms with van der Waals surface area (Å²) in [6.45, 7) is 3.49. The first-order valence-electron chi connectivity index (χ1n) is 10.0. The number of hydrogen-bond donors (Lipinski definition) is 3. The van der Waals surface area contributed by atoms with E-state index in [0.29, 0.717) is 17.6 Å². The minimum atomic E-state index is -1.47. The SMILES string of the molecule is Cc1ccccc1Oc1coc2cc(OC(=O)CCCNC(=O)C(C)(N)N)ccc2c1=O. The minimum absolute atomic E-state index is 0.0599. The van der Waals surface area contributed by atoms with E-state index in [9.17, 15) is 14.4 Å². The van der Waals surface area contributed by atoms with Gasteiger partial charge in [-0.15, -0.1) is 0 Å². The van der Waals surface area contributed by atoms with Crippen molar-refractivity contribution < 1.29 is 23.5 Å². The quantitative estimate of drug-likeness (QED) is 0.210. The van der Waals surface area contributed by atoms with E-state index in [1.54, 1.807) is 6.07 Å². The highest BCUT2D eigenvalue weighted by atomic mass is 16.5. The summed E-state index contributed by atoms with van der Waals surface area (Å²) in [4.78, 5) is 36.4. The van der Waals surface area contributed by atoms with Crippen molar-refractivity contribution in [2.45, 2.75) is 32.4 Å². The van der Waals surface area contributed by atoms with Crippen molar-refractivity contribution in [2.75, 3.05) is 6.54 Å². The molecule has 0 unspecified atom stereocenters. The number of benzene rings is 2. The molecule has 0 spiro atoms. The third kappa shape index (κ3) is 5.71. The Labute approximate surface area is 184 Å². The number of aryl methyl sites for hydroxylation is 1. The fourth-order valence-corrected chi connectivity index (χ4v) is 2.82. The van der Waals surface area contributed by atoms with Crippen LogP contribution in [0.15, 0.2) is 57.9 Å². The molecule has 0 radical (unpaired) electrons. The second-order valence-electron chi connectivity index (χ2n) is 7.57. The van der Waals surface area contributed by atoms with Crippen LogP contribution >= 0.6 is 0 Å². The number of hydrogen-bond acceptors (Lipinski definition) is 8. The molecule has 3 aromatic rings. The Hall–Kier alpha value is -3.69. The lowest BCUT2D eigenvalue weighted by Crippen LogP contribution is -2.58. The van der Waals surface area contributed by atoms with Gasteiger partial charge in [0.15, 0.2) is 0 Å². The minimum Gasteiger partial charge on any atom is -0.460 e. The van der Waals surface area contributed by atoms with Crippen molar-refractivity contribution in [1.82, 2.24) is 5.32 Å². The summed E-state index contributed by atoms with van der Waals surface area (Å²) >= 11 is 0. The maximum atomic E-state index is 12.7. The molecule has 0 saturated carbocycles. The number of carbonyl (C=O) groups excluding carboxylic acids is 2. The van der Waals surface area contributed by atoms with E-state index in [1.807, 2.05) is 25.1 Å². The van der Waals surface area contributed by atoms with Crippen molar-refractivity contribution in [3.05, 3.63) is 64.5 Å². The fourth-order valence-electron chi connectivity index (χ4n) is 2.82. The smallest absolute Gasteiger partial charge is 0.311 e. The Bertz CT molecular complexity index is 1200. The van der Waals surface area contributed by atoms with E-state index >= 15 is 0 Å². The summed E-state index contributed by atoms with van der Waals surface area (Å²) in [5.41, 5.74) is 10.3. The van der Waals surface area contributed by atoms with Crippen molar-refractivity contribution in [1.29, 1.82) is 0 Å². The normalized spacial score (nSPS) is 11.2. The van der Waals surface area contributed by atoms with Gasteiger partial charge in [0.25, 0.3) is 5.91 Å². The van der Waals surface area contributed by atoms with Gasteiger partial charge >= 0.3 is 5.97 Å². The zero-order chi connectivity index (χ0) is 23.3. The molecule has 5 N–H and O–H groups in total. The highest BCUT2D eigenvalue weighted by molar-refractivity contribution is 5.84. The monoisotopic (exact) mass is 439 g/mol. The zero-order valence-electron chi connectivity index (χ0n) is 17.8. The summed E-state index contributed by atoms with van der Waals surface area (Å²) < 4.78 is 16.5. The molecule has 0 aliphatic rings. The van der Waals surface area contributed by atoms with Gasteiger partial charge in [0.2, 0.25) is 11.2 Å². The molecule has 1 amide bonds. The van der Waals surface area contributed by atoms with Crippen LogP contribution < -0.4 is 31.7 Å². The van der Waals surface area contributed by atoms with E-state index in [0.717, 1.165) is 5.56 Å². The first-order chi connectivity index (χ1) is 15.1. The summed E-state index contributed by atoms with van der Waals surface area (Å²) in [5, 5.41) is 2.84. The zero-order valence-corrected chi connectivity index (χ0v) is 17.8. The number of para-hydroxylation sites is 1. The van der Waals surface area contributed by atoms with Gasteiger partial charge in [0.05, 0.1) is 5.39 Å². The molecule has 0 atom stereocenters. The molecule has 32 heavy (non-hydrogen) atoms. The Kier molecular flexibility index (Phi) is 6.92. The second-order valence-corrected chi connectivity index (χ2v) is 7.57. The summed E-state index contributed by atoms with van der Waals surface area (Å²) in [5.74, 6) is -0.156. The first kappa shape index (κ1) is 23.0. The van der Waals surface area contributed by atoms with Gasteiger partial charge in [-0.2, -0.15) is 0 Å². The molecule has 1 aromatic heterocycles. The maximum absolute atomic E-state index is 12.7. The van der Waals surface area contributed by atoms with Crippen LogP contribution in [0, 0.1) is 6.92 Å². The van der Waals surface area contributed by atoms with Crippen molar-refractivity contribution in [3.63, 3.8) is 0 Å². The Balaban J connectivity index is 1.62. The third-order valence-corrected chi connectivity index (χ3v) is 4.59. The van der Waals surface area contributed by atoms with Crippen molar-refractivity contribution in [3.8, 4) is 17.2 Å². The molecule has 9 nitrogen and oxygen atoms in total. The Morgan fingerprint density at radius 1 is 1.12 bits per heavy atom. The van der Waals surface area contributed by atoms with Crippen LogP contribution in [0.25, 0.3) is 11.0 Å². The molecule has 0 fully saturated rings. The van der Waals surface area contributed by atoms with Crippen LogP contribution in [0.1, 0.15) is 25.3 Å². The van der Waals surface area contributed by atoms with Gasteiger partial charge in [0.1, 0.15) is 29.0 Å². The van der Waals surface area contributed by atoms with Crippen LogP contribution in [-0.4, -0.2) is 24.1 Å². The largest absolute Gasteiger partial charge is 0.460 e. The van der Waals surface area contributed by atoms with E-state index < -0.39 is 17.5 Å². The maximum Gasteiger partial charge on any atom is 0.311 e. The topological polar surface area (TPSA) is 147 Å². The lowest BCUT2D eigenvalue weighted by molar-refractivity contribution is -0.134. The number of esters is 1.